The van der Waals surface area contributed by atoms with Gasteiger partial charge < -0.3 is 15.4 Å². The van der Waals surface area contributed by atoms with Crippen LogP contribution in [0.5, 0.6) is 0 Å². The number of carbonyl (C=O) groups is 1. The minimum Gasteiger partial charge on any atom is -0.398 e. The Kier molecular flexibility index (Phi) is 4.97. The fourth-order valence-corrected chi connectivity index (χ4v) is 1.75. The molecule has 0 heterocycles. The highest BCUT2D eigenvalue weighted by molar-refractivity contribution is 6.00. The topological polar surface area (TPSA) is 55.6 Å². The molecular formula is C13H20N2O2. The van der Waals surface area contributed by atoms with Crippen LogP contribution >= 0.6 is 0 Å². The van der Waals surface area contributed by atoms with Crippen molar-refractivity contribution in [2.45, 2.75) is 13.8 Å². The first-order valence-corrected chi connectivity index (χ1v) is 5.75. The lowest BCUT2D eigenvalue weighted by Crippen LogP contribution is -2.34. The third-order valence-electron chi connectivity index (χ3n) is 2.75. The molecule has 0 aliphatic carbocycles. The Morgan fingerprint density at radius 3 is 2.71 bits per heavy atom. The van der Waals surface area contributed by atoms with Gasteiger partial charge in [-0.05, 0) is 25.5 Å². The SMILES string of the molecule is CCN(CCOC)C(=O)c1c(C)cccc1N. The Bertz CT molecular complexity index is 371. The van der Waals surface area contributed by atoms with Crippen molar-refractivity contribution in [3.05, 3.63) is 29.3 Å². The van der Waals surface area contributed by atoms with Crippen molar-refractivity contribution in [3.63, 3.8) is 0 Å². The summed E-state index contributed by atoms with van der Waals surface area (Å²) >= 11 is 0. The quantitative estimate of drug-likeness (QED) is 0.791. The molecule has 0 aliphatic heterocycles. The lowest BCUT2D eigenvalue weighted by Gasteiger charge is -2.22. The second kappa shape index (κ2) is 6.25. The monoisotopic (exact) mass is 236 g/mol. The van der Waals surface area contributed by atoms with Gasteiger partial charge in [0.25, 0.3) is 5.91 Å². The average Bonchev–Trinajstić information content (AvgIpc) is 2.30. The van der Waals surface area contributed by atoms with E-state index in [1.165, 1.54) is 0 Å². The maximum absolute atomic E-state index is 12.3. The zero-order valence-corrected chi connectivity index (χ0v) is 10.7. The standard InChI is InChI=1S/C13H20N2O2/c1-4-15(8-9-17-3)13(16)12-10(2)6-5-7-11(12)14/h5-7H,4,8-9,14H2,1-3H3. The Morgan fingerprint density at radius 1 is 1.47 bits per heavy atom. The minimum atomic E-state index is -0.0276. The van der Waals surface area contributed by atoms with Crippen LogP contribution in [0.25, 0.3) is 0 Å². The number of methoxy groups -OCH3 is 1. The molecule has 0 bridgehead atoms. The third-order valence-corrected chi connectivity index (χ3v) is 2.75. The zero-order valence-electron chi connectivity index (χ0n) is 10.7. The molecule has 1 aromatic carbocycles. The van der Waals surface area contributed by atoms with E-state index in [9.17, 15) is 4.79 Å². The van der Waals surface area contributed by atoms with E-state index in [2.05, 4.69) is 0 Å². The van der Waals surface area contributed by atoms with Gasteiger partial charge in [0.05, 0.1) is 12.2 Å². The first-order chi connectivity index (χ1) is 8.11. The fourth-order valence-electron chi connectivity index (χ4n) is 1.75. The molecule has 0 radical (unpaired) electrons. The van der Waals surface area contributed by atoms with Gasteiger partial charge in [0.1, 0.15) is 0 Å². The maximum atomic E-state index is 12.3. The number of ether oxygens (including phenoxy) is 1. The summed E-state index contributed by atoms with van der Waals surface area (Å²) in [5.41, 5.74) is 7.91. The van der Waals surface area contributed by atoms with E-state index in [1.54, 1.807) is 18.1 Å². The first kappa shape index (κ1) is 13.5. The zero-order chi connectivity index (χ0) is 12.8. The summed E-state index contributed by atoms with van der Waals surface area (Å²) in [6.07, 6.45) is 0. The molecule has 0 saturated carbocycles. The highest BCUT2D eigenvalue weighted by atomic mass is 16.5. The molecule has 94 valence electrons. The van der Waals surface area contributed by atoms with Crippen LogP contribution in [0.4, 0.5) is 5.69 Å². The number of aryl methyl sites for hydroxylation is 1. The van der Waals surface area contributed by atoms with Crippen molar-refractivity contribution in [3.8, 4) is 0 Å². The second-order valence-corrected chi connectivity index (χ2v) is 3.92. The van der Waals surface area contributed by atoms with Crippen LogP contribution < -0.4 is 5.73 Å². The highest BCUT2D eigenvalue weighted by Gasteiger charge is 2.18. The van der Waals surface area contributed by atoms with Gasteiger partial charge in [0, 0.05) is 25.9 Å². The van der Waals surface area contributed by atoms with E-state index in [4.69, 9.17) is 10.5 Å². The Labute approximate surface area is 102 Å². The molecule has 2 N–H and O–H groups in total. The normalized spacial score (nSPS) is 10.3. The largest absolute Gasteiger partial charge is 0.398 e. The number of hydrogen-bond donors (Lipinski definition) is 1. The van der Waals surface area contributed by atoms with Gasteiger partial charge in [-0.2, -0.15) is 0 Å². The summed E-state index contributed by atoms with van der Waals surface area (Å²) in [7, 11) is 1.63. The van der Waals surface area contributed by atoms with Crippen LogP contribution in [0.1, 0.15) is 22.8 Å². The number of likely N-dealkylation sites (N-methyl/N-ethyl adjacent to an activating group) is 1. The molecule has 17 heavy (non-hydrogen) atoms. The van der Waals surface area contributed by atoms with E-state index in [1.807, 2.05) is 26.0 Å². The Hall–Kier alpha value is -1.55. The van der Waals surface area contributed by atoms with E-state index < -0.39 is 0 Å². The van der Waals surface area contributed by atoms with E-state index in [0.29, 0.717) is 30.9 Å². The summed E-state index contributed by atoms with van der Waals surface area (Å²) in [6, 6.07) is 5.50. The number of rotatable bonds is 5. The van der Waals surface area contributed by atoms with Gasteiger partial charge in [-0.15, -0.1) is 0 Å². The fraction of sp³-hybridized carbons (Fsp3) is 0.462. The second-order valence-electron chi connectivity index (χ2n) is 3.92. The average molecular weight is 236 g/mol. The number of nitrogens with two attached hydrogens (primary N) is 1. The van der Waals surface area contributed by atoms with Crippen molar-refractivity contribution in [2.24, 2.45) is 0 Å². The molecule has 1 rings (SSSR count). The maximum Gasteiger partial charge on any atom is 0.256 e. The first-order valence-electron chi connectivity index (χ1n) is 5.75. The highest BCUT2D eigenvalue weighted by Crippen LogP contribution is 2.18. The number of nitrogens with zero attached hydrogens (tertiary/aromatic N) is 1. The van der Waals surface area contributed by atoms with E-state index in [-0.39, 0.29) is 5.91 Å². The van der Waals surface area contributed by atoms with Gasteiger partial charge in [-0.1, -0.05) is 12.1 Å². The van der Waals surface area contributed by atoms with Crippen LogP contribution in [-0.4, -0.2) is 37.6 Å². The smallest absolute Gasteiger partial charge is 0.256 e. The molecule has 4 nitrogen and oxygen atoms in total. The van der Waals surface area contributed by atoms with Crippen molar-refractivity contribution in [2.75, 3.05) is 32.5 Å². The number of nitrogen functional groups attached to an aromatic ring is 1. The molecule has 0 unspecified atom stereocenters. The molecule has 0 saturated heterocycles. The van der Waals surface area contributed by atoms with Crippen molar-refractivity contribution < 1.29 is 9.53 Å². The molecule has 0 aromatic heterocycles. The van der Waals surface area contributed by atoms with E-state index >= 15 is 0 Å². The lowest BCUT2D eigenvalue weighted by atomic mass is 10.1. The molecule has 0 atom stereocenters. The van der Waals surface area contributed by atoms with Crippen LogP contribution in [-0.2, 0) is 4.74 Å². The van der Waals surface area contributed by atoms with Gasteiger partial charge >= 0.3 is 0 Å². The molecule has 0 aliphatic rings. The van der Waals surface area contributed by atoms with Crippen LogP contribution in [0.3, 0.4) is 0 Å². The Balaban J connectivity index is 2.93. The predicted molar refractivity (Wildman–Crippen MR) is 69.0 cm³/mol. The number of hydrogen-bond acceptors (Lipinski definition) is 3. The number of carbonyl (C=O) groups excluding carboxylic acids is 1. The third kappa shape index (κ3) is 3.20. The van der Waals surface area contributed by atoms with Crippen molar-refractivity contribution in [1.29, 1.82) is 0 Å². The lowest BCUT2D eigenvalue weighted by molar-refractivity contribution is 0.0707. The summed E-state index contributed by atoms with van der Waals surface area (Å²) in [6.45, 7) is 5.61. The van der Waals surface area contributed by atoms with Crippen molar-refractivity contribution >= 4 is 11.6 Å². The molecular weight excluding hydrogens is 216 g/mol. The molecule has 0 fully saturated rings. The molecule has 1 aromatic rings. The van der Waals surface area contributed by atoms with E-state index in [0.717, 1.165) is 5.56 Å². The van der Waals surface area contributed by atoms with Gasteiger partial charge in [0.15, 0.2) is 0 Å². The molecule has 0 spiro atoms. The van der Waals surface area contributed by atoms with Crippen LogP contribution in [0.15, 0.2) is 18.2 Å². The minimum absolute atomic E-state index is 0.0276. The van der Waals surface area contributed by atoms with Crippen LogP contribution in [0.2, 0.25) is 0 Å². The molecule has 4 heteroatoms. The van der Waals surface area contributed by atoms with Gasteiger partial charge in [0.2, 0.25) is 0 Å². The van der Waals surface area contributed by atoms with Crippen molar-refractivity contribution in [1.82, 2.24) is 4.90 Å². The van der Waals surface area contributed by atoms with Gasteiger partial charge in [-0.3, -0.25) is 4.79 Å². The predicted octanol–water partition coefficient (Wildman–Crippen LogP) is 1.69. The number of benzene rings is 1. The Morgan fingerprint density at radius 2 is 2.18 bits per heavy atom. The molecule has 1 amide bonds. The van der Waals surface area contributed by atoms with Crippen LogP contribution in [0, 0.1) is 6.92 Å². The number of amides is 1. The summed E-state index contributed by atoms with van der Waals surface area (Å²) in [5.74, 6) is -0.0276. The summed E-state index contributed by atoms with van der Waals surface area (Å²) in [5, 5.41) is 0. The summed E-state index contributed by atoms with van der Waals surface area (Å²) < 4.78 is 5.00. The number of anilines is 1. The summed E-state index contributed by atoms with van der Waals surface area (Å²) in [4.78, 5) is 14.1. The van der Waals surface area contributed by atoms with Gasteiger partial charge in [-0.25, -0.2) is 0 Å².